The summed E-state index contributed by atoms with van der Waals surface area (Å²) in [5.41, 5.74) is 0.682. The summed E-state index contributed by atoms with van der Waals surface area (Å²) in [6, 6.07) is 3.62. The third-order valence-corrected chi connectivity index (χ3v) is 4.15. The van der Waals surface area contributed by atoms with Crippen LogP contribution in [0.15, 0.2) is 37.2 Å². The predicted molar refractivity (Wildman–Crippen MR) is 78.0 cm³/mol. The molecular formula is C16H20N2O3. The molecular weight excluding hydrogens is 268 g/mol. The van der Waals surface area contributed by atoms with E-state index in [-0.39, 0.29) is 24.2 Å². The maximum absolute atomic E-state index is 12.6. The second-order valence-electron chi connectivity index (χ2n) is 5.38. The highest BCUT2D eigenvalue weighted by Crippen LogP contribution is 2.32. The molecule has 2 aliphatic rings. The van der Waals surface area contributed by atoms with Crippen molar-refractivity contribution in [2.75, 3.05) is 19.8 Å². The first kappa shape index (κ1) is 14.2. The lowest BCUT2D eigenvalue weighted by molar-refractivity contribution is -0.100. The number of ether oxygens (including phenoxy) is 2. The van der Waals surface area contributed by atoms with Gasteiger partial charge in [0.25, 0.3) is 5.91 Å². The van der Waals surface area contributed by atoms with E-state index < -0.39 is 0 Å². The summed E-state index contributed by atoms with van der Waals surface area (Å²) in [6.45, 7) is 5.39. The van der Waals surface area contributed by atoms with Gasteiger partial charge in [0.05, 0.1) is 25.4 Å². The Kier molecular flexibility index (Phi) is 4.31. The van der Waals surface area contributed by atoms with Crippen molar-refractivity contribution in [3.8, 4) is 0 Å². The molecule has 3 atom stereocenters. The summed E-state index contributed by atoms with van der Waals surface area (Å²) >= 11 is 0. The van der Waals surface area contributed by atoms with Crippen molar-refractivity contribution >= 4 is 5.91 Å². The van der Waals surface area contributed by atoms with E-state index in [9.17, 15) is 4.79 Å². The molecule has 5 heteroatoms. The van der Waals surface area contributed by atoms with E-state index in [1.807, 2.05) is 4.90 Å². The molecule has 112 valence electrons. The Balaban J connectivity index is 1.73. The van der Waals surface area contributed by atoms with E-state index in [2.05, 4.69) is 11.6 Å². The zero-order valence-electron chi connectivity index (χ0n) is 12.0. The molecule has 1 amide bonds. The molecule has 1 aliphatic carbocycles. The van der Waals surface area contributed by atoms with Crippen molar-refractivity contribution in [3.05, 3.63) is 42.7 Å². The Morgan fingerprint density at radius 3 is 3.05 bits per heavy atom. The number of carbonyl (C=O) groups is 1. The van der Waals surface area contributed by atoms with Crippen molar-refractivity contribution in [3.63, 3.8) is 0 Å². The van der Waals surface area contributed by atoms with E-state index in [0.717, 1.165) is 12.8 Å². The van der Waals surface area contributed by atoms with Crippen LogP contribution in [0.2, 0.25) is 0 Å². The Bertz CT molecular complexity index is 506. The average Bonchev–Trinajstić information content (AvgIpc) is 2.96. The lowest BCUT2D eigenvalue weighted by atomic mass is 10.1. The van der Waals surface area contributed by atoms with Gasteiger partial charge in [-0.05, 0) is 25.0 Å². The van der Waals surface area contributed by atoms with Crippen molar-refractivity contribution < 1.29 is 14.3 Å². The Labute approximate surface area is 124 Å². The highest BCUT2D eigenvalue weighted by molar-refractivity contribution is 5.94. The van der Waals surface area contributed by atoms with Crippen LogP contribution in [0.25, 0.3) is 0 Å². The largest absolute Gasteiger partial charge is 0.372 e. The van der Waals surface area contributed by atoms with Crippen molar-refractivity contribution in [2.45, 2.75) is 31.1 Å². The standard InChI is InChI=1S/C16H20N2O3/c1-2-10-20-14-4-3-13-15(14)21-11-9-18(13)16(19)12-5-7-17-8-6-12/h2,5-8,13-15H,1,3-4,9-11H2/t13-,14-,15+/m0/s1. The Hall–Kier alpha value is -1.72. The molecule has 1 saturated carbocycles. The van der Waals surface area contributed by atoms with Gasteiger partial charge in [-0.3, -0.25) is 9.78 Å². The number of rotatable bonds is 4. The maximum Gasteiger partial charge on any atom is 0.254 e. The smallest absolute Gasteiger partial charge is 0.254 e. The normalized spacial score (nSPS) is 28.2. The summed E-state index contributed by atoms with van der Waals surface area (Å²) in [4.78, 5) is 18.5. The monoisotopic (exact) mass is 288 g/mol. The predicted octanol–water partition coefficient (Wildman–Crippen LogP) is 1.66. The molecule has 1 aromatic rings. The van der Waals surface area contributed by atoms with Crippen LogP contribution in [0.3, 0.4) is 0 Å². The van der Waals surface area contributed by atoms with Crippen LogP contribution in [0.5, 0.6) is 0 Å². The topological polar surface area (TPSA) is 51.7 Å². The lowest BCUT2D eigenvalue weighted by Gasteiger charge is -2.39. The lowest BCUT2D eigenvalue weighted by Crippen LogP contribution is -2.53. The van der Waals surface area contributed by atoms with E-state index in [0.29, 0.717) is 25.3 Å². The van der Waals surface area contributed by atoms with Crippen LogP contribution in [0.4, 0.5) is 0 Å². The number of amides is 1. The fourth-order valence-corrected chi connectivity index (χ4v) is 3.20. The molecule has 1 aliphatic heterocycles. The zero-order valence-corrected chi connectivity index (χ0v) is 12.0. The van der Waals surface area contributed by atoms with E-state index in [1.165, 1.54) is 0 Å². The highest BCUT2D eigenvalue weighted by atomic mass is 16.5. The van der Waals surface area contributed by atoms with Crippen LogP contribution < -0.4 is 0 Å². The number of hydrogen-bond donors (Lipinski definition) is 0. The fraction of sp³-hybridized carbons (Fsp3) is 0.500. The fourth-order valence-electron chi connectivity index (χ4n) is 3.20. The summed E-state index contributed by atoms with van der Waals surface area (Å²) in [7, 11) is 0. The number of fused-ring (bicyclic) bond motifs is 1. The van der Waals surface area contributed by atoms with Gasteiger partial charge in [-0.25, -0.2) is 0 Å². The molecule has 2 heterocycles. The van der Waals surface area contributed by atoms with Crippen LogP contribution in [0.1, 0.15) is 23.2 Å². The number of hydrogen-bond acceptors (Lipinski definition) is 4. The van der Waals surface area contributed by atoms with Crippen LogP contribution in [-0.4, -0.2) is 53.8 Å². The molecule has 0 aromatic carbocycles. The minimum atomic E-state index is -0.0236. The SMILES string of the molecule is C=CCO[C@H]1CC[C@H]2[C@H]1OCCN2C(=O)c1ccncc1. The van der Waals surface area contributed by atoms with E-state index in [1.54, 1.807) is 30.6 Å². The van der Waals surface area contributed by atoms with Gasteiger partial charge in [-0.2, -0.15) is 0 Å². The molecule has 0 N–H and O–H groups in total. The zero-order chi connectivity index (χ0) is 14.7. The molecule has 0 unspecified atom stereocenters. The Morgan fingerprint density at radius 2 is 2.29 bits per heavy atom. The van der Waals surface area contributed by atoms with Crippen molar-refractivity contribution in [1.82, 2.24) is 9.88 Å². The second kappa shape index (κ2) is 6.37. The quantitative estimate of drug-likeness (QED) is 0.791. The third kappa shape index (κ3) is 2.84. The minimum Gasteiger partial charge on any atom is -0.372 e. The summed E-state index contributed by atoms with van der Waals surface area (Å²) in [5.74, 6) is 0.0556. The summed E-state index contributed by atoms with van der Waals surface area (Å²) in [5, 5.41) is 0. The number of nitrogens with zero attached hydrogens (tertiary/aromatic N) is 2. The van der Waals surface area contributed by atoms with Gasteiger partial charge in [0.15, 0.2) is 0 Å². The van der Waals surface area contributed by atoms with Crippen molar-refractivity contribution in [1.29, 1.82) is 0 Å². The molecule has 0 spiro atoms. The summed E-state index contributed by atoms with van der Waals surface area (Å²) < 4.78 is 11.6. The number of aromatic nitrogens is 1. The van der Waals surface area contributed by atoms with Gasteiger partial charge >= 0.3 is 0 Å². The van der Waals surface area contributed by atoms with Gasteiger partial charge in [0.2, 0.25) is 0 Å². The molecule has 1 saturated heterocycles. The highest BCUT2D eigenvalue weighted by Gasteiger charge is 2.44. The van der Waals surface area contributed by atoms with E-state index in [4.69, 9.17) is 9.47 Å². The maximum atomic E-state index is 12.6. The van der Waals surface area contributed by atoms with Crippen LogP contribution in [0, 0.1) is 0 Å². The van der Waals surface area contributed by atoms with Crippen LogP contribution >= 0.6 is 0 Å². The molecule has 0 bridgehead atoms. The minimum absolute atomic E-state index is 0.0236. The molecule has 21 heavy (non-hydrogen) atoms. The number of pyridine rings is 1. The van der Waals surface area contributed by atoms with Gasteiger partial charge in [0, 0.05) is 24.5 Å². The third-order valence-electron chi connectivity index (χ3n) is 4.15. The van der Waals surface area contributed by atoms with E-state index >= 15 is 0 Å². The van der Waals surface area contributed by atoms with Gasteiger partial charge in [-0.1, -0.05) is 6.08 Å². The van der Waals surface area contributed by atoms with Crippen molar-refractivity contribution in [2.24, 2.45) is 0 Å². The number of morpholine rings is 1. The first-order valence-electron chi connectivity index (χ1n) is 7.36. The molecule has 1 aromatic heterocycles. The Morgan fingerprint density at radius 1 is 1.48 bits per heavy atom. The van der Waals surface area contributed by atoms with Gasteiger partial charge < -0.3 is 14.4 Å². The molecule has 3 rings (SSSR count). The van der Waals surface area contributed by atoms with Gasteiger partial charge in [-0.15, -0.1) is 6.58 Å². The molecule has 0 radical (unpaired) electrons. The molecule has 5 nitrogen and oxygen atoms in total. The second-order valence-corrected chi connectivity index (χ2v) is 5.38. The average molecular weight is 288 g/mol. The molecule has 2 fully saturated rings. The van der Waals surface area contributed by atoms with Crippen LogP contribution in [-0.2, 0) is 9.47 Å². The first-order valence-corrected chi connectivity index (χ1v) is 7.36. The number of carbonyl (C=O) groups excluding carboxylic acids is 1. The first-order chi connectivity index (χ1) is 10.3. The van der Waals surface area contributed by atoms with Gasteiger partial charge in [0.1, 0.15) is 6.10 Å². The summed E-state index contributed by atoms with van der Waals surface area (Å²) in [6.07, 6.45) is 6.92.